The first-order valence-electron chi connectivity index (χ1n) is 15.2. The van der Waals surface area contributed by atoms with Gasteiger partial charge in [-0.3, -0.25) is 25.3 Å². The number of aliphatic hydroxyl groups is 1. The molecule has 4 atom stereocenters. The smallest absolute Gasteiger partial charge is 0.251 e. The van der Waals surface area contributed by atoms with Gasteiger partial charge in [-0.2, -0.15) is 0 Å². The SMILES string of the molecule is C.C=C(/C=C\C(C)=NC)C(=O)NC.C=C1NCC([NH+]=C(N)CCC)C2(C)C(O)C(NC(=O)c3cccc4c3CCCC4)CN12. The average Bonchev–Trinajstić information content (AvgIpc) is 3.27. The predicted octanol–water partition coefficient (Wildman–Crippen LogP) is 1.35. The molecule has 0 radical (unpaired) electrons. The fraction of sp³-hybridized carbons (Fsp3) is 0.529. The van der Waals surface area contributed by atoms with Crippen LogP contribution in [0.3, 0.4) is 0 Å². The van der Waals surface area contributed by atoms with Gasteiger partial charge in [-0.1, -0.05) is 39.6 Å². The maximum atomic E-state index is 13.2. The molecule has 0 saturated carbocycles. The minimum Gasteiger partial charge on any atom is -0.388 e. The van der Waals surface area contributed by atoms with E-state index in [9.17, 15) is 14.7 Å². The summed E-state index contributed by atoms with van der Waals surface area (Å²) in [6, 6.07) is 5.49. The van der Waals surface area contributed by atoms with Crippen LogP contribution in [0, 0.1) is 0 Å². The lowest BCUT2D eigenvalue weighted by Gasteiger charge is -2.46. The van der Waals surface area contributed by atoms with Crippen LogP contribution >= 0.6 is 0 Å². The molecule has 0 aromatic heterocycles. The number of rotatable bonds is 8. The Hall–Kier alpha value is -3.92. The molecule has 4 unspecified atom stereocenters. The Bertz CT molecular complexity index is 1300. The Morgan fingerprint density at radius 1 is 1.30 bits per heavy atom. The molecular formula is C34H54N7O3+. The highest BCUT2D eigenvalue weighted by molar-refractivity contribution is 5.99. The zero-order valence-corrected chi connectivity index (χ0v) is 26.4. The highest BCUT2D eigenvalue weighted by Crippen LogP contribution is 2.36. The molecule has 10 heteroatoms. The number of aryl methyl sites for hydroxylation is 1. The van der Waals surface area contributed by atoms with Crippen LogP contribution in [0.1, 0.15) is 75.4 Å². The monoisotopic (exact) mass is 608 g/mol. The Labute approximate surface area is 263 Å². The molecule has 3 aliphatic rings. The molecule has 0 spiro atoms. The second-order valence-corrected chi connectivity index (χ2v) is 11.6. The standard InChI is InChI=1S/C24H35N5O2.C9H14N2O.CH4/c1-4-8-21(25)28-20-13-26-15(2)29-14-19(22(30)24(20,29)3)27-23(31)18-12-7-10-16-9-5-6-11-17(16)18;1-7(9(12)11-4)5-6-8(2)10-3;/h7,10,12,19-20,22,26,30H,2,4-6,8-9,11,13-14H2,1,3H3,(H2,25,28)(H,27,31);5-6H,1H2,2-4H3,(H,11,12);1H4/p+1/b;6-5-,10-8?;. The van der Waals surface area contributed by atoms with Gasteiger partial charge in [-0.15, -0.1) is 0 Å². The fourth-order valence-electron chi connectivity index (χ4n) is 6.04. The van der Waals surface area contributed by atoms with Gasteiger partial charge in [0.2, 0.25) is 11.7 Å². The lowest BCUT2D eigenvalue weighted by molar-refractivity contribution is -0.525. The van der Waals surface area contributed by atoms with Crippen molar-refractivity contribution < 1.29 is 19.7 Å². The fourth-order valence-corrected chi connectivity index (χ4v) is 6.04. The first-order valence-corrected chi connectivity index (χ1v) is 15.2. The molecule has 242 valence electrons. The molecule has 2 fully saturated rings. The van der Waals surface area contributed by atoms with E-state index in [0.29, 0.717) is 18.7 Å². The summed E-state index contributed by atoms with van der Waals surface area (Å²) in [6.07, 6.45) is 8.62. The van der Waals surface area contributed by atoms with Crippen molar-refractivity contribution in [3.8, 4) is 0 Å². The largest absolute Gasteiger partial charge is 0.388 e. The Balaban J connectivity index is 0.000000444. The van der Waals surface area contributed by atoms with E-state index in [1.807, 2.05) is 26.0 Å². The summed E-state index contributed by atoms with van der Waals surface area (Å²) in [5.41, 5.74) is 10.0. The zero-order valence-electron chi connectivity index (χ0n) is 26.4. The van der Waals surface area contributed by atoms with Crippen LogP contribution in [-0.2, 0) is 17.6 Å². The molecule has 0 bridgehead atoms. The van der Waals surface area contributed by atoms with Crippen LogP contribution in [0.15, 0.2) is 59.9 Å². The number of nitrogens with two attached hydrogens (primary N) is 1. The quantitative estimate of drug-likeness (QED) is 0.114. The van der Waals surface area contributed by atoms with E-state index in [-0.39, 0.29) is 25.3 Å². The lowest BCUT2D eigenvalue weighted by atomic mass is 9.84. The third-order valence-corrected chi connectivity index (χ3v) is 8.72. The van der Waals surface area contributed by atoms with Crippen molar-refractivity contribution in [1.82, 2.24) is 20.9 Å². The van der Waals surface area contributed by atoms with Crippen LogP contribution in [0.4, 0.5) is 0 Å². The van der Waals surface area contributed by atoms with Crippen LogP contribution in [0.25, 0.3) is 0 Å². The molecule has 2 heterocycles. The van der Waals surface area contributed by atoms with Gasteiger partial charge in [0.25, 0.3) is 5.91 Å². The number of carbonyl (C=O) groups is 2. The van der Waals surface area contributed by atoms with E-state index < -0.39 is 17.7 Å². The summed E-state index contributed by atoms with van der Waals surface area (Å²) in [5, 5.41) is 20.3. The number of aliphatic imine (C=N–C) groups is 1. The van der Waals surface area contributed by atoms with E-state index >= 15 is 0 Å². The maximum absolute atomic E-state index is 13.2. The van der Waals surface area contributed by atoms with E-state index in [1.54, 1.807) is 26.2 Å². The molecule has 10 nitrogen and oxygen atoms in total. The molecule has 4 rings (SSSR count). The molecule has 2 saturated heterocycles. The van der Waals surface area contributed by atoms with Gasteiger partial charge in [0.15, 0.2) is 0 Å². The van der Waals surface area contributed by atoms with Crippen molar-refractivity contribution in [3.63, 3.8) is 0 Å². The maximum Gasteiger partial charge on any atom is 0.251 e. The van der Waals surface area contributed by atoms with Crippen LogP contribution in [0.5, 0.6) is 0 Å². The van der Waals surface area contributed by atoms with Gasteiger partial charge < -0.3 is 26.0 Å². The number of likely N-dealkylation sites (N-methyl/N-ethyl adjacent to an activating group) is 1. The van der Waals surface area contributed by atoms with Crippen molar-refractivity contribution in [1.29, 1.82) is 0 Å². The van der Waals surface area contributed by atoms with Crippen LogP contribution in [0.2, 0.25) is 0 Å². The number of hydrogen-bond acceptors (Lipinski definition) is 6. The molecule has 1 aromatic carbocycles. The summed E-state index contributed by atoms with van der Waals surface area (Å²) in [4.78, 5) is 33.5. The van der Waals surface area contributed by atoms with E-state index in [0.717, 1.165) is 60.6 Å². The van der Waals surface area contributed by atoms with Crippen molar-refractivity contribution in [2.24, 2.45) is 10.7 Å². The number of benzene rings is 1. The van der Waals surface area contributed by atoms with E-state index in [1.165, 1.54) is 12.0 Å². The summed E-state index contributed by atoms with van der Waals surface area (Å²) >= 11 is 0. The number of amides is 2. The normalized spacial score (nSPS) is 24.6. The second-order valence-electron chi connectivity index (χ2n) is 11.6. The second kappa shape index (κ2) is 16.2. The van der Waals surface area contributed by atoms with Crippen molar-refractivity contribution in [2.45, 2.75) is 90.4 Å². The average molecular weight is 609 g/mol. The topological polar surface area (TPSA) is 146 Å². The Morgan fingerprint density at radius 3 is 2.66 bits per heavy atom. The van der Waals surface area contributed by atoms with Crippen LogP contribution < -0.4 is 26.7 Å². The number of nitrogens with one attached hydrogen (secondary N) is 4. The first-order chi connectivity index (χ1) is 20.5. The number of carbonyl (C=O) groups excluding carboxylic acids is 2. The summed E-state index contributed by atoms with van der Waals surface area (Å²) in [6.45, 7) is 14.8. The lowest BCUT2D eigenvalue weighted by Crippen LogP contribution is -2.92. The molecule has 1 aromatic rings. The van der Waals surface area contributed by atoms with Gasteiger partial charge in [-0.25, -0.2) is 0 Å². The van der Waals surface area contributed by atoms with Crippen molar-refractivity contribution in [2.75, 3.05) is 27.2 Å². The number of fused-ring (bicyclic) bond motifs is 2. The molecular weight excluding hydrogens is 554 g/mol. The molecule has 7 N–H and O–H groups in total. The number of nitrogens with zero attached hydrogens (tertiary/aromatic N) is 2. The number of aliphatic hydroxyl groups excluding tert-OH is 1. The Morgan fingerprint density at radius 2 is 2.00 bits per heavy atom. The molecule has 44 heavy (non-hydrogen) atoms. The number of allylic oxidation sites excluding steroid dienone is 1. The zero-order chi connectivity index (χ0) is 31.7. The first kappa shape index (κ1) is 36.3. The van der Waals surface area contributed by atoms with Crippen LogP contribution in [-0.4, -0.2) is 84.3 Å². The van der Waals surface area contributed by atoms with Gasteiger partial charge in [0.1, 0.15) is 17.7 Å². The minimum absolute atomic E-state index is 0. The highest BCUT2D eigenvalue weighted by atomic mass is 16.3. The van der Waals surface area contributed by atoms with Gasteiger partial charge in [0, 0.05) is 43.9 Å². The Kier molecular flexibility index (Phi) is 13.4. The third-order valence-electron chi connectivity index (χ3n) is 8.72. The summed E-state index contributed by atoms with van der Waals surface area (Å²) < 4.78 is 0. The molecule has 2 aliphatic heterocycles. The van der Waals surface area contributed by atoms with Gasteiger partial charge in [-0.05, 0) is 75.3 Å². The third kappa shape index (κ3) is 8.16. The van der Waals surface area contributed by atoms with E-state index in [2.05, 4.69) is 57.0 Å². The van der Waals surface area contributed by atoms with Gasteiger partial charge in [0.05, 0.1) is 18.4 Å². The predicted molar refractivity (Wildman–Crippen MR) is 180 cm³/mol. The number of amidine groups is 1. The molecule has 1 aliphatic carbocycles. The number of hydrogen-bond donors (Lipinski definition) is 6. The minimum atomic E-state index is -0.762. The van der Waals surface area contributed by atoms with Crippen molar-refractivity contribution in [3.05, 3.63) is 71.6 Å². The van der Waals surface area contributed by atoms with Gasteiger partial charge >= 0.3 is 0 Å². The summed E-state index contributed by atoms with van der Waals surface area (Å²) in [7, 11) is 3.27. The van der Waals surface area contributed by atoms with E-state index in [4.69, 9.17) is 5.73 Å². The highest BCUT2D eigenvalue weighted by Gasteiger charge is 2.58. The van der Waals surface area contributed by atoms with Crippen molar-refractivity contribution >= 4 is 23.4 Å². The molecule has 2 amide bonds. The summed E-state index contributed by atoms with van der Waals surface area (Å²) in [5.74, 6) is 1.21.